The number of imidazole rings is 1. The molecule has 3 aromatic heterocycles. The fourth-order valence-corrected chi connectivity index (χ4v) is 3.19. The number of thiophene rings is 1. The SMILES string of the molecule is Cc1ncc(-c2cc(-c3cc(C(=O)O)cs3)nc(N)c2C#N)n1C. The van der Waals surface area contributed by atoms with Crippen molar-refractivity contribution < 1.29 is 9.90 Å². The second-order valence-corrected chi connectivity index (χ2v) is 6.09. The summed E-state index contributed by atoms with van der Waals surface area (Å²) in [5.41, 5.74) is 8.31. The lowest BCUT2D eigenvalue weighted by Gasteiger charge is -2.10. The Bertz CT molecular complexity index is 997. The quantitative estimate of drug-likeness (QED) is 0.757. The van der Waals surface area contributed by atoms with Gasteiger partial charge in [-0.05, 0) is 19.1 Å². The second-order valence-electron chi connectivity index (χ2n) is 5.18. The van der Waals surface area contributed by atoms with E-state index in [1.165, 1.54) is 11.3 Å². The van der Waals surface area contributed by atoms with Gasteiger partial charge in [0, 0.05) is 18.0 Å². The zero-order chi connectivity index (χ0) is 17.4. The predicted molar refractivity (Wildman–Crippen MR) is 90.6 cm³/mol. The molecule has 0 unspecified atom stereocenters. The van der Waals surface area contributed by atoms with Gasteiger partial charge < -0.3 is 15.4 Å². The molecule has 8 heteroatoms. The number of anilines is 1. The Morgan fingerprint density at radius 1 is 1.46 bits per heavy atom. The number of carboxylic acid groups (broad SMARTS) is 1. The number of hydrogen-bond donors (Lipinski definition) is 2. The summed E-state index contributed by atoms with van der Waals surface area (Å²) in [5.74, 6) is -0.0918. The number of rotatable bonds is 3. The van der Waals surface area contributed by atoms with Crippen molar-refractivity contribution in [3.05, 3.63) is 40.7 Å². The smallest absolute Gasteiger partial charge is 0.336 e. The average molecular weight is 339 g/mol. The highest BCUT2D eigenvalue weighted by Gasteiger charge is 2.18. The zero-order valence-corrected chi connectivity index (χ0v) is 13.8. The van der Waals surface area contributed by atoms with Gasteiger partial charge in [0.25, 0.3) is 0 Å². The van der Waals surface area contributed by atoms with Crippen molar-refractivity contribution >= 4 is 23.1 Å². The average Bonchev–Trinajstić information content (AvgIpc) is 3.15. The van der Waals surface area contributed by atoms with Gasteiger partial charge in [0.05, 0.1) is 28.0 Å². The number of pyridine rings is 1. The zero-order valence-electron chi connectivity index (χ0n) is 12.9. The van der Waals surface area contributed by atoms with E-state index in [9.17, 15) is 10.1 Å². The van der Waals surface area contributed by atoms with Crippen LogP contribution >= 0.6 is 11.3 Å². The van der Waals surface area contributed by atoms with Crippen molar-refractivity contribution in [1.82, 2.24) is 14.5 Å². The molecule has 0 aromatic carbocycles. The molecule has 0 saturated heterocycles. The lowest BCUT2D eigenvalue weighted by molar-refractivity contribution is 0.0697. The van der Waals surface area contributed by atoms with Crippen molar-refractivity contribution in [1.29, 1.82) is 5.26 Å². The Labute approximate surface area is 141 Å². The summed E-state index contributed by atoms with van der Waals surface area (Å²) >= 11 is 1.26. The van der Waals surface area contributed by atoms with Crippen LogP contribution < -0.4 is 5.73 Å². The number of hydrogen-bond acceptors (Lipinski definition) is 6. The minimum Gasteiger partial charge on any atom is -0.478 e. The van der Waals surface area contributed by atoms with Gasteiger partial charge in [-0.25, -0.2) is 14.8 Å². The van der Waals surface area contributed by atoms with Gasteiger partial charge in [-0.15, -0.1) is 11.3 Å². The molecule has 0 aliphatic carbocycles. The third-order valence-corrected chi connectivity index (χ3v) is 4.71. The van der Waals surface area contributed by atoms with E-state index < -0.39 is 5.97 Å². The van der Waals surface area contributed by atoms with Crippen molar-refractivity contribution in [2.75, 3.05) is 5.73 Å². The number of aryl methyl sites for hydroxylation is 1. The van der Waals surface area contributed by atoms with Crippen molar-refractivity contribution in [3.63, 3.8) is 0 Å². The predicted octanol–water partition coefficient (Wildman–Crippen LogP) is 2.67. The highest BCUT2D eigenvalue weighted by molar-refractivity contribution is 7.13. The maximum Gasteiger partial charge on any atom is 0.336 e. The Kier molecular flexibility index (Phi) is 3.79. The Balaban J connectivity index is 2.22. The first kappa shape index (κ1) is 15.7. The first-order chi connectivity index (χ1) is 11.4. The number of aromatic carboxylic acids is 1. The van der Waals surface area contributed by atoms with E-state index in [1.807, 2.05) is 18.5 Å². The molecule has 3 rings (SSSR count). The number of carboxylic acids is 1. The van der Waals surface area contributed by atoms with Gasteiger partial charge in [-0.3, -0.25) is 0 Å². The summed E-state index contributed by atoms with van der Waals surface area (Å²) in [7, 11) is 1.85. The van der Waals surface area contributed by atoms with Crippen LogP contribution in [0.5, 0.6) is 0 Å². The molecule has 0 spiro atoms. The second kappa shape index (κ2) is 5.79. The Morgan fingerprint density at radius 3 is 2.75 bits per heavy atom. The van der Waals surface area contributed by atoms with Crippen LogP contribution in [0.4, 0.5) is 5.82 Å². The number of aromatic nitrogens is 3. The summed E-state index contributed by atoms with van der Waals surface area (Å²) in [6.45, 7) is 1.86. The molecule has 3 aromatic rings. The van der Waals surface area contributed by atoms with Crippen molar-refractivity contribution in [2.45, 2.75) is 6.92 Å². The van der Waals surface area contributed by atoms with Gasteiger partial charge in [0.15, 0.2) is 0 Å². The fraction of sp³-hybridized carbons (Fsp3) is 0.125. The maximum absolute atomic E-state index is 11.1. The topological polar surface area (TPSA) is 118 Å². The van der Waals surface area contributed by atoms with Crippen LogP contribution in [-0.2, 0) is 7.05 Å². The molecule has 0 radical (unpaired) electrons. The monoisotopic (exact) mass is 339 g/mol. The van der Waals surface area contributed by atoms with Crippen LogP contribution in [0.15, 0.2) is 23.7 Å². The molecule has 0 atom stereocenters. The molecule has 7 nitrogen and oxygen atoms in total. The summed E-state index contributed by atoms with van der Waals surface area (Å²) in [4.78, 5) is 20.2. The lowest BCUT2D eigenvalue weighted by atomic mass is 10.0. The van der Waals surface area contributed by atoms with Gasteiger partial charge in [-0.1, -0.05) is 0 Å². The van der Waals surface area contributed by atoms with E-state index in [2.05, 4.69) is 16.0 Å². The van der Waals surface area contributed by atoms with Gasteiger partial charge in [0.1, 0.15) is 23.3 Å². The van der Waals surface area contributed by atoms with E-state index in [-0.39, 0.29) is 16.9 Å². The number of nitrogen functional groups attached to an aromatic ring is 1. The number of nitriles is 1. The van der Waals surface area contributed by atoms with E-state index >= 15 is 0 Å². The van der Waals surface area contributed by atoms with Crippen molar-refractivity contribution in [3.8, 4) is 27.9 Å². The molecular weight excluding hydrogens is 326 g/mol. The molecule has 24 heavy (non-hydrogen) atoms. The van der Waals surface area contributed by atoms with Crippen LogP contribution in [0.25, 0.3) is 21.8 Å². The molecule has 3 heterocycles. The summed E-state index contributed by atoms with van der Waals surface area (Å²) in [6, 6.07) is 5.36. The number of nitrogens with two attached hydrogens (primary N) is 1. The third kappa shape index (κ3) is 2.51. The molecule has 3 N–H and O–H groups in total. The minimum atomic E-state index is -0.999. The summed E-state index contributed by atoms with van der Waals surface area (Å²) < 4.78 is 1.86. The molecule has 0 aliphatic heterocycles. The van der Waals surface area contributed by atoms with Crippen LogP contribution in [-0.4, -0.2) is 25.6 Å². The summed E-state index contributed by atoms with van der Waals surface area (Å²) in [5, 5.41) is 20.0. The minimum absolute atomic E-state index is 0.106. The van der Waals surface area contributed by atoms with Gasteiger partial charge in [-0.2, -0.15) is 5.26 Å². The molecule has 0 saturated carbocycles. The highest BCUT2D eigenvalue weighted by atomic mass is 32.1. The van der Waals surface area contributed by atoms with Crippen LogP contribution in [0.1, 0.15) is 21.7 Å². The Hall–Kier alpha value is -3.18. The largest absolute Gasteiger partial charge is 0.478 e. The number of nitrogens with zero attached hydrogens (tertiary/aromatic N) is 4. The van der Waals surface area contributed by atoms with Crippen LogP contribution in [0.2, 0.25) is 0 Å². The standard InChI is InChI=1S/C16H13N5O2S/c1-8-19-6-13(21(8)2)10-4-12(20-15(18)11(10)5-17)14-3-9(7-24-14)16(22)23/h3-4,6-7H,1-2H3,(H2,18,20)(H,22,23). The first-order valence-electron chi connectivity index (χ1n) is 6.94. The van der Waals surface area contributed by atoms with E-state index in [1.54, 1.807) is 23.7 Å². The van der Waals surface area contributed by atoms with Gasteiger partial charge >= 0.3 is 5.97 Å². The third-order valence-electron chi connectivity index (χ3n) is 3.75. The van der Waals surface area contributed by atoms with Crippen LogP contribution in [0.3, 0.4) is 0 Å². The number of carbonyl (C=O) groups is 1. The Morgan fingerprint density at radius 2 is 2.21 bits per heavy atom. The van der Waals surface area contributed by atoms with Crippen molar-refractivity contribution in [2.24, 2.45) is 7.05 Å². The molecule has 120 valence electrons. The first-order valence-corrected chi connectivity index (χ1v) is 7.81. The molecule has 0 amide bonds. The molecule has 0 aliphatic rings. The highest BCUT2D eigenvalue weighted by Crippen LogP contribution is 2.33. The fourth-order valence-electron chi connectivity index (χ4n) is 2.35. The van der Waals surface area contributed by atoms with E-state index in [0.717, 1.165) is 11.5 Å². The van der Waals surface area contributed by atoms with E-state index in [4.69, 9.17) is 10.8 Å². The van der Waals surface area contributed by atoms with Crippen LogP contribution in [0, 0.1) is 18.3 Å². The maximum atomic E-state index is 11.1. The molecule has 0 fully saturated rings. The molecule has 0 bridgehead atoms. The summed E-state index contributed by atoms with van der Waals surface area (Å²) in [6.07, 6.45) is 1.67. The normalized spacial score (nSPS) is 10.5. The molecular formula is C16H13N5O2S. The van der Waals surface area contributed by atoms with Gasteiger partial charge in [0.2, 0.25) is 0 Å². The van der Waals surface area contributed by atoms with E-state index in [0.29, 0.717) is 16.1 Å². The lowest BCUT2D eigenvalue weighted by Crippen LogP contribution is -2.02.